The van der Waals surface area contributed by atoms with Gasteiger partial charge in [-0.1, -0.05) is 24.3 Å². The lowest BCUT2D eigenvalue weighted by Crippen LogP contribution is -2.32. The number of thiophene rings is 1. The molecule has 2 aromatic carbocycles. The summed E-state index contributed by atoms with van der Waals surface area (Å²) >= 11 is 1.71. The fourth-order valence-electron chi connectivity index (χ4n) is 4.80. The average molecular weight is 541 g/mol. The van der Waals surface area contributed by atoms with Crippen LogP contribution in [-0.2, 0) is 24.3 Å². The van der Waals surface area contributed by atoms with E-state index in [0.717, 1.165) is 22.4 Å². The lowest BCUT2D eigenvalue weighted by atomic mass is 10.0. The third-order valence-electron chi connectivity index (χ3n) is 6.68. The van der Waals surface area contributed by atoms with Crippen LogP contribution < -0.4 is 9.47 Å². The summed E-state index contributed by atoms with van der Waals surface area (Å²) in [7, 11) is 1.59. The van der Waals surface area contributed by atoms with E-state index in [1.165, 1.54) is 10.1 Å². The van der Waals surface area contributed by atoms with Crippen molar-refractivity contribution in [3.05, 3.63) is 101 Å². The van der Waals surface area contributed by atoms with Gasteiger partial charge in [-0.25, -0.2) is 0 Å². The van der Waals surface area contributed by atoms with E-state index in [9.17, 15) is 4.79 Å². The Morgan fingerprint density at radius 2 is 2.00 bits per heavy atom. The Morgan fingerprint density at radius 1 is 1.10 bits per heavy atom. The Balaban J connectivity index is 1.34. The maximum atomic E-state index is 13.4. The normalized spacial score (nSPS) is 13.1. The van der Waals surface area contributed by atoms with Crippen LogP contribution in [0.15, 0.2) is 82.7 Å². The van der Waals surface area contributed by atoms with Gasteiger partial charge in [-0.15, -0.1) is 11.3 Å². The average Bonchev–Trinajstić information content (AvgIpc) is 3.55. The molecule has 0 saturated heterocycles. The zero-order valence-electron chi connectivity index (χ0n) is 21.6. The molecule has 7 nitrogen and oxygen atoms in total. The molecule has 0 fully saturated rings. The standard InChI is InChI=1S/C31H28N2O5S/c1-35-19-24-9-10-27(38-24)31(34)33-13-15-37-30-22(18-33)16-21(26-20-39-29-8-3-2-7-25(26)29)17-28(30)36-14-11-23-6-4-5-12-32-23/h2-10,12,16-17,20H,11,13-15,18-19H2,1H3. The molecule has 0 spiro atoms. The molecule has 8 heteroatoms. The van der Waals surface area contributed by atoms with Crippen LogP contribution in [0.3, 0.4) is 0 Å². The Bertz CT molecular complexity index is 1590. The van der Waals surface area contributed by atoms with Crippen LogP contribution in [0.4, 0.5) is 0 Å². The maximum absolute atomic E-state index is 13.4. The third kappa shape index (κ3) is 5.39. The van der Waals surface area contributed by atoms with Gasteiger partial charge < -0.3 is 23.5 Å². The molecule has 0 aliphatic carbocycles. The second-order valence-corrected chi connectivity index (χ2v) is 10.2. The lowest BCUT2D eigenvalue weighted by molar-refractivity contribution is 0.0693. The topological polar surface area (TPSA) is 74.0 Å². The predicted molar refractivity (Wildman–Crippen MR) is 150 cm³/mol. The molecule has 0 atom stereocenters. The molecule has 1 aliphatic heterocycles. The van der Waals surface area contributed by atoms with Crippen LogP contribution in [-0.4, -0.2) is 42.7 Å². The summed E-state index contributed by atoms with van der Waals surface area (Å²) in [4.78, 5) is 19.5. The van der Waals surface area contributed by atoms with E-state index in [1.54, 1.807) is 41.7 Å². The van der Waals surface area contributed by atoms with Gasteiger partial charge in [-0.3, -0.25) is 9.78 Å². The molecule has 198 valence electrons. The van der Waals surface area contributed by atoms with Crippen LogP contribution >= 0.6 is 11.3 Å². The highest BCUT2D eigenvalue weighted by Gasteiger charge is 2.26. The van der Waals surface area contributed by atoms with Crippen molar-refractivity contribution >= 4 is 27.3 Å². The number of hydrogen-bond acceptors (Lipinski definition) is 7. The summed E-state index contributed by atoms with van der Waals surface area (Å²) in [5, 5.41) is 3.36. The van der Waals surface area contributed by atoms with Gasteiger partial charge in [0, 0.05) is 46.6 Å². The summed E-state index contributed by atoms with van der Waals surface area (Å²) in [6, 6.07) is 21.9. The largest absolute Gasteiger partial charge is 0.489 e. The number of furan rings is 1. The number of ether oxygens (including phenoxy) is 3. The third-order valence-corrected chi connectivity index (χ3v) is 7.64. The lowest BCUT2D eigenvalue weighted by Gasteiger charge is -2.19. The number of fused-ring (bicyclic) bond motifs is 2. The van der Waals surface area contributed by atoms with Gasteiger partial charge in [-0.2, -0.15) is 0 Å². The van der Waals surface area contributed by atoms with Gasteiger partial charge in [0.1, 0.15) is 19.0 Å². The summed E-state index contributed by atoms with van der Waals surface area (Å²) < 4.78 is 24.6. The number of carbonyl (C=O) groups excluding carboxylic acids is 1. The number of pyridine rings is 1. The van der Waals surface area contributed by atoms with Crippen molar-refractivity contribution in [1.82, 2.24) is 9.88 Å². The van der Waals surface area contributed by atoms with Gasteiger partial charge in [-0.05, 0) is 53.4 Å². The second kappa shape index (κ2) is 11.3. The van der Waals surface area contributed by atoms with E-state index in [-0.39, 0.29) is 11.7 Å². The van der Waals surface area contributed by atoms with Crippen molar-refractivity contribution in [2.24, 2.45) is 0 Å². The smallest absolute Gasteiger partial charge is 0.289 e. The van der Waals surface area contributed by atoms with Crippen molar-refractivity contribution in [2.45, 2.75) is 19.6 Å². The molecule has 1 aliphatic rings. The number of methoxy groups -OCH3 is 1. The SMILES string of the molecule is COCc1ccc(C(=O)N2CCOc3c(cc(-c4csc5ccccc45)cc3OCCc3ccccn3)C2)o1. The van der Waals surface area contributed by atoms with Crippen LogP contribution in [0, 0.1) is 0 Å². The minimum Gasteiger partial charge on any atom is -0.489 e. The number of aromatic nitrogens is 1. The van der Waals surface area contributed by atoms with E-state index in [2.05, 4.69) is 40.7 Å². The van der Waals surface area contributed by atoms with Crippen molar-refractivity contribution in [2.75, 3.05) is 26.9 Å². The minimum absolute atomic E-state index is 0.183. The van der Waals surface area contributed by atoms with E-state index in [1.807, 2.05) is 24.3 Å². The van der Waals surface area contributed by atoms with Crippen molar-refractivity contribution in [3.8, 4) is 22.6 Å². The van der Waals surface area contributed by atoms with Gasteiger partial charge in [0.25, 0.3) is 5.91 Å². The molecule has 0 bridgehead atoms. The monoisotopic (exact) mass is 540 g/mol. The number of carbonyl (C=O) groups is 1. The number of rotatable bonds is 8. The molecular weight excluding hydrogens is 512 g/mol. The van der Waals surface area contributed by atoms with Gasteiger partial charge >= 0.3 is 0 Å². The maximum Gasteiger partial charge on any atom is 0.289 e. The van der Waals surface area contributed by atoms with Crippen molar-refractivity contribution in [3.63, 3.8) is 0 Å². The Labute approximate surface area is 230 Å². The van der Waals surface area contributed by atoms with E-state index in [4.69, 9.17) is 18.6 Å². The molecule has 6 rings (SSSR count). The Morgan fingerprint density at radius 3 is 2.87 bits per heavy atom. The second-order valence-electron chi connectivity index (χ2n) is 9.30. The molecule has 0 unspecified atom stereocenters. The first kappa shape index (κ1) is 25.2. The molecule has 0 saturated carbocycles. The first-order valence-corrected chi connectivity index (χ1v) is 13.7. The highest BCUT2D eigenvalue weighted by molar-refractivity contribution is 7.17. The molecule has 5 aromatic rings. The summed E-state index contributed by atoms with van der Waals surface area (Å²) in [5.41, 5.74) is 4.01. The van der Waals surface area contributed by atoms with Crippen molar-refractivity contribution in [1.29, 1.82) is 0 Å². The number of nitrogens with zero attached hydrogens (tertiary/aromatic N) is 2. The molecule has 0 N–H and O–H groups in total. The van der Waals surface area contributed by atoms with E-state index < -0.39 is 0 Å². The Kier molecular flexibility index (Phi) is 7.29. The van der Waals surface area contributed by atoms with E-state index >= 15 is 0 Å². The fraction of sp³-hybridized carbons (Fsp3) is 0.226. The highest BCUT2D eigenvalue weighted by Crippen LogP contribution is 2.42. The molecule has 4 heterocycles. The molecular formula is C31H28N2O5S. The fourth-order valence-corrected chi connectivity index (χ4v) is 5.77. The zero-order chi connectivity index (χ0) is 26.6. The van der Waals surface area contributed by atoms with Crippen LogP contribution in [0.5, 0.6) is 11.5 Å². The first-order valence-electron chi connectivity index (χ1n) is 12.9. The van der Waals surface area contributed by atoms with Crippen LogP contribution in [0.1, 0.15) is 27.6 Å². The number of hydrogen-bond donors (Lipinski definition) is 0. The molecule has 39 heavy (non-hydrogen) atoms. The molecule has 1 amide bonds. The number of amides is 1. The highest BCUT2D eigenvalue weighted by atomic mass is 32.1. The zero-order valence-corrected chi connectivity index (χ0v) is 22.4. The van der Waals surface area contributed by atoms with Gasteiger partial charge in [0.05, 0.1) is 19.7 Å². The van der Waals surface area contributed by atoms with Gasteiger partial charge in [0.2, 0.25) is 0 Å². The van der Waals surface area contributed by atoms with E-state index in [0.29, 0.717) is 56.6 Å². The van der Waals surface area contributed by atoms with Crippen LogP contribution in [0.25, 0.3) is 21.2 Å². The van der Waals surface area contributed by atoms with Crippen LogP contribution in [0.2, 0.25) is 0 Å². The van der Waals surface area contributed by atoms with Crippen molar-refractivity contribution < 1.29 is 23.4 Å². The molecule has 3 aromatic heterocycles. The Hall–Kier alpha value is -4.14. The quantitative estimate of drug-likeness (QED) is 0.228. The first-order chi connectivity index (χ1) is 19.2. The predicted octanol–water partition coefficient (Wildman–Crippen LogP) is 6.36. The summed E-state index contributed by atoms with van der Waals surface area (Å²) in [6.45, 7) is 1.93. The molecule has 0 radical (unpaired) electrons. The van der Waals surface area contributed by atoms with Gasteiger partial charge in [0.15, 0.2) is 17.3 Å². The number of benzene rings is 2. The summed E-state index contributed by atoms with van der Waals surface area (Å²) in [6.07, 6.45) is 2.46. The minimum atomic E-state index is -0.183. The summed E-state index contributed by atoms with van der Waals surface area (Å²) in [5.74, 6) is 2.06.